The van der Waals surface area contributed by atoms with Crippen LogP contribution in [0.1, 0.15) is 6.92 Å². The third kappa shape index (κ3) is 6.09. The van der Waals surface area contributed by atoms with Gasteiger partial charge in [-0.25, -0.2) is 0 Å². The van der Waals surface area contributed by atoms with E-state index in [9.17, 15) is 9.59 Å². The Bertz CT molecular complexity index is 764. The molecule has 2 aromatic carbocycles. The van der Waals surface area contributed by atoms with Crippen LogP contribution in [0.4, 0.5) is 5.69 Å². The second-order valence-electron chi connectivity index (χ2n) is 5.30. The van der Waals surface area contributed by atoms with Gasteiger partial charge in [-0.1, -0.05) is 40.9 Å². The monoisotopic (exact) mass is 430 g/mol. The molecule has 0 saturated carbocycles. The van der Waals surface area contributed by atoms with Crippen LogP contribution in [0.3, 0.4) is 0 Å². The van der Waals surface area contributed by atoms with Gasteiger partial charge in [-0.3, -0.25) is 9.59 Å². The smallest absolute Gasteiger partial charge is 0.244 e. The zero-order valence-electron chi connectivity index (χ0n) is 14.0. The number of nitrogens with one attached hydrogen (secondary N) is 1. The molecule has 2 rings (SSSR count). The third-order valence-corrected chi connectivity index (χ3v) is 5.35. The summed E-state index contributed by atoms with van der Waals surface area (Å²) in [6, 6.07) is 12.2. The van der Waals surface area contributed by atoms with E-state index < -0.39 is 0 Å². The lowest BCUT2D eigenvalue weighted by Gasteiger charge is -2.20. The molecule has 0 spiro atoms. The molecule has 0 aliphatic carbocycles. The molecule has 4 nitrogen and oxygen atoms in total. The Morgan fingerprint density at radius 2 is 1.65 bits per heavy atom. The standard InChI is InChI=1S/C18H17Cl3N2O2S/c1-2-23(17(25)11-26-13-8-6-12(19)7-9-13)10-16(24)22-18-14(20)4-3-5-15(18)21/h3-9H,2,10-11H2,1H3,(H,22,24). The van der Waals surface area contributed by atoms with Gasteiger partial charge in [0.05, 0.1) is 28.0 Å². The van der Waals surface area contributed by atoms with Crippen LogP contribution in [-0.4, -0.2) is 35.6 Å². The van der Waals surface area contributed by atoms with Crippen molar-refractivity contribution in [2.45, 2.75) is 11.8 Å². The minimum Gasteiger partial charge on any atom is -0.333 e. The van der Waals surface area contributed by atoms with E-state index in [1.807, 2.05) is 19.1 Å². The number of carbonyl (C=O) groups excluding carboxylic acids is 2. The summed E-state index contributed by atoms with van der Waals surface area (Å²) in [6.07, 6.45) is 0. The number of benzene rings is 2. The van der Waals surface area contributed by atoms with Crippen LogP contribution in [0.2, 0.25) is 15.1 Å². The van der Waals surface area contributed by atoms with Crippen LogP contribution in [0, 0.1) is 0 Å². The first-order valence-electron chi connectivity index (χ1n) is 7.80. The van der Waals surface area contributed by atoms with Crippen LogP contribution in [-0.2, 0) is 9.59 Å². The van der Waals surface area contributed by atoms with E-state index in [2.05, 4.69) is 5.32 Å². The molecule has 0 unspecified atom stereocenters. The maximum Gasteiger partial charge on any atom is 0.244 e. The van der Waals surface area contributed by atoms with Crippen molar-refractivity contribution in [3.05, 3.63) is 57.5 Å². The van der Waals surface area contributed by atoms with E-state index in [0.29, 0.717) is 27.3 Å². The molecule has 26 heavy (non-hydrogen) atoms. The van der Waals surface area contributed by atoms with Gasteiger partial charge in [-0.2, -0.15) is 0 Å². The number of carbonyl (C=O) groups is 2. The maximum absolute atomic E-state index is 12.4. The summed E-state index contributed by atoms with van der Waals surface area (Å²) in [5.74, 6) is -0.255. The summed E-state index contributed by atoms with van der Waals surface area (Å²) in [5, 5.41) is 4.00. The molecule has 0 fully saturated rings. The summed E-state index contributed by atoms with van der Waals surface area (Å²) < 4.78 is 0. The Hall–Kier alpha value is -1.40. The number of anilines is 1. The van der Waals surface area contributed by atoms with Crippen molar-refractivity contribution < 1.29 is 9.59 Å². The molecule has 0 atom stereocenters. The van der Waals surface area contributed by atoms with Crippen molar-refractivity contribution in [2.75, 3.05) is 24.2 Å². The number of rotatable bonds is 7. The first kappa shape index (κ1) is 20.9. The molecule has 8 heteroatoms. The average molecular weight is 432 g/mol. The van der Waals surface area contributed by atoms with E-state index >= 15 is 0 Å². The van der Waals surface area contributed by atoms with Gasteiger partial charge in [0.1, 0.15) is 0 Å². The predicted molar refractivity (Wildman–Crippen MR) is 110 cm³/mol. The fraction of sp³-hybridized carbons (Fsp3) is 0.222. The Balaban J connectivity index is 1.91. The average Bonchev–Trinajstić information content (AvgIpc) is 2.62. The van der Waals surface area contributed by atoms with Gasteiger partial charge in [0.15, 0.2) is 0 Å². The quantitative estimate of drug-likeness (QED) is 0.611. The van der Waals surface area contributed by atoms with E-state index in [1.165, 1.54) is 16.7 Å². The largest absolute Gasteiger partial charge is 0.333 e. The van der Waals surface area contributed by atoms with Crippen molar-refractivity contribution in [2.24, 2.45) is 0 Å². The Kier molecular flexibility index (Phi) is 8.10. The minimum atomic E-state index is -0.355. The number of hydrogen-bond acceptors (Lipinski definition) is 3. The molecule has 0 saturated heterocycles. The molecule has 2 aromatic rings. The molecule has 138 valence electrons. The number of thioether (sulfide) groups is 1. The van der Waals surface area contributed by atoms with Crippen molar-refractivity contribution in [1.29, 1.82) is 0 Å². The molecule has 0 aromatic heterocycles. The first-order chi connectivity index (χ1) is 12.4. The highest BCUT2D eigenvalue weighted by molar-refractivity contribution is 8.00. The van der Waals surface area contributed by atoms with Gasteiger partial charge in [0.25, 0.3) is 0 Å². The second-order valence-corrected chi connectivity index (χ2v) is 7.59. The summed E-state index contributed by atoms with van der Waals surface area (Å²) in [5.41, 5.74) is 0.347. The number of hydrogen-bond donors (Lipinski definition) is 1. The highest BCUT2D eigenvalue weighted by Crippen LogP contribution is 2.29. The van der Waals surface area contributed by atoms with Gasteiger partial charge in [-0.05, 0) is 43.3 Å². The highest BCUT2D eigenvalue weighted by atomic mass is 35.5. The topological polar surface area (TPSA) is 49.4 Å². The van der Waals surface area contributed by atoms with Crippen LogP contribution in [0.25, 0.3) is 0 Å². The van der Waals surface area contributed by atoms with Gasteiger partial charge >= 0.3 is 0 Å². The van der Waals surface area contributed by atoms with Gasteiger partial charge in [0.2, 0.25) is 11.8 Å². The molecule has 0 aliphatic heterocycles. The second kappa shape index (κ2) is 10.1. The van der Waals surface area contributed by atoms with Gasteiger partial charge in [-0.15, -0.1) is 11.8 Å². The van der Waals surface area contributed by atoms with Gasteiger partial charge < -0.3 is 10.2 Å². The van der Waals surface area contributed by atoms with Crippen LogP contribution in [0.15, 0.2) is 47.4 Å². The van der Waals surface area contributed by atoms with Crippen molar-refractivity contribution >= 4 is 64.1 Å². The SMILES string of the molecule is CCN(CC(=O)Nc1c(Cl)cccc1Cl)C(=O)CSc1ccc(Cl)cc1. The van der Waals surface area contributed by atoms with Crippen LogP contribution < -0.4 is 5.32 Å². The van der Waals surface area contributed by atoms with Crippen molar-refractivity contribution in [3.63, 3.8) is 0 Å². The van der Waals surface area contributed by atoms with Gasteiger partial charge in [0, 0.05) is 16.5 Å². The summed E-state index contributed by atoms with van der Waals surface area (Å²) >= 11 is 19.3. The highest BCUT2D eigenvalue weighted by Gasteiger charge is 2.17. The van der Waals surface area contributed by atoms with Crippen molar-refractivity contribution in [1.82, 2.24) is 4.90 Å². The lowest BCUT2D eigenvalue weighted by atomic mass is 10.3. The number of para-hydroxylation sites is 1. The Morgan fingerprint density at radius 3 is 2.23 bits per heavy atom. The minimum absolute atomic E-state index is 0.0714. The molecule has 1 N–H and O–H groups in total. The summed E-state index contributed by atoms with van der Waals surface area (Å²) in [7, 11) is 0. The number of halogens is 3. The van der Waals surface area contributed by atoms with E-state index in [0.717, 1.165) is 4.90 Å². The summed E-state index contributed by atoms with van der Waals surface area (Å²) in [4.78, 5) is 27.1. The molecule has 0 heterocycles. The fourth-order valence-corrected chi connectivity index (χ4v) is 3.53. The number of nitrogens with zero attached hydrogens (tertiary/aromatic N) is 1. The maximum atomic E-state index is 12.4. The zero-order chi connectivity index (χ0) is 19.1. The molecule has 0 aliphatic rings. The van der Waals surface area contributed by atoms with Crippen LogP contribution in [0.5, 0.6) is 0 Å². The predicted octanol–water partition coefficient (Wildman–Crippen LogP) is 5.23. The molecular formula is C18H17Cl3N2O2S. The van der Waals surface area contributed by atoms with E-state index in [-0.39, 0.29) is 24.1 Å². The van der Waals surface area contributed by atoms with Crippen LogP contribution >= 0.6 is 46.6 Å². The number of amides is 2. The Labute approximate surface area is 171 Å². The molecule has 0 bridgehead atoms. The lowest BCUT2D eigenvalue weighted by Crippen LogP contribution is -2.38. The van der Waals surface area contributed by atoms with E-state index in [4.69, 9.17) is 34.8 Å². The summed E-state index contributed by atoms with van der Waals surface area (Å²) in [6.45, 7) is 2.17. The first-order valence-corrected chi connectivity index (χ1v) is 9.92. The van der Waals surface area contributed by atoms with E-state index in [1.54, 1.807) is 30.3 Å². The Morgan fingerprint density at radius 1 is 1.04 bits per heavy atom. The van der Waals surface area contributed by atoms with Crippen molar-refractivity contribution in [3.8, 4) is 0 Å². The molecular weight excluding hydrogens is 415 g/mol. The zero-order valence-corrected chi connectivity index (χ0v) is 17.1. The third-order valence-electron chi connectivity index (χ3n) is 3.47. The molecule has 0 radical (unpaired) electrons. The normalized spacial score (nSPS) is 10.5. The fourth-order valence-electron chi connectivity index (χ4n) is 2.11. The lowest BCUT2D eigenvalue weighted by molar-refractivity contribution is -0.132. The number of likely N-dealkylation sites (N-methyl/N-ethyl adjacent to an activating group) is 1. The molecule has 2 amide bonds.